The van der Waals surface area contributed by atoms with Gasteiger partial charge in [0, 0.05) is 23.6 Å². The lowest BCUT2D eigenvalue weighted by Gasteiger charge is -2.34. The molecule has 34 heavy (non-hydrogen) atoms. The number of nitrogens with one attached hydrogen (secondary N) is 1. The van der Waals surface area contributed by atoms with Crippen molar-refractivity contribution in [3.8, 4) is 0 Å². The summed E-state index contributed by atoms with van der Waals surface area (Å²) in [6.07, 6.45) is -1.81. The molecular weight excluding hydrogens is 453 g/mol. The smallest absolute Gasteiger partial charge is 0.384 e. The van der Waals surface area contributed by atoms with Gasteiger partial charge < -0.3 is 16.0 Å². The zero-order chi connectivity index (χ0) is 24.5. The van der Waals surface area contributed by atoms with E-state index in [1.165, 1.54) is 28.0 Å². The molecule has 2 amide bonds. The molecule has 1 aliphatic heterocycles. The number of hydrogen-bond acceptors (Lipinski definition) is 6. The Kier molecular flexibility index (Phi) is 6.24. The van der Waals surface area contributed by atoms with Gasteiger partial charge in [-0.1, -0.05) is 12.1 Å². The minimum atomic E-state index is -4.67. The molecule has 1 atom stereocenters. The van der Waals surface area contributed by atoms with Gasteiger partial charge in [0.1, 0.15) is 11.5 Å². The quantitative estimate of drug-likeness (QED) is 0.567. The van der Waals surface area contributed by atoms with E-state index in [0.29, 0.717) is 23.5 Å². The largest absolute Gasteiger partial charge is 0.522 e. The summed E-state index contributed by atoms with van der Waals surface area (Å²) in [7, 11) is 0. The van der Waals surface area contributed by atoms with Gasteiger partial charge in [-0.15, -0.1) is 13.2 Å². The maximum Gasteiger partial charge on any atom is 0.522 e. The van der Waals surface area contributed by atoms with Crippen LogP contribution in [-0.4, -0.2) is 45.6 Å². The number of aromatic nitrogens is 3. The number of hydrogen-bond donors (Lipinski definition) is 2. The monoisotopic (exact) mass is 474 g/mol. The van der Waals surface area contributed by atoms with Crippen molar-refractivity contribution in [2.24, 2.45) is 0 Å². The van der Waals surface area contributed by atoms with E-state index in [9.17, 15) is 22.8 Å². The molecule has 12 heteroatoms. The summed E-state index contributed by atoms with van der Waals surface area (Å²) in [6.45, 7) is 1.70. The number of carbonyl (C=O) groups is 2. The lowest BCUT2D eigenvalue weighted by atomic mass is 10.1. The van der Waals surface area contributed by atoms with E-state index in [0.717, 1.165) is 0 Å². The van der Waals surface area contributed by atoms with Crippen LogP contribution in [0, 0.1) is 0 Å². The number of benzene rings is 1. The van der Waals surface area contributed by atoms with Crippen molar-refractivity contribution in [1.29, 1.82) is 0 Å². The molecule has 4 rings (SSSR count). The van der Waals surface area contributed by atoms with Gasteiger partial charge in [-0.2, -0.15) is 5.10 Å². The molecule has 3 aromatic rings. The maximum absolute atomic E-state index is 13.4. The molecule has 3 N–H and O–H groups in total. The number of alkyl halides is 3. The summed E-state index contributed by atoms with van der Waals surface area (Å²) in [4.78, 5) is 31.7. The van der Waals surface area contributed by atoms with E-state index in [-0.39, 0.29) is 29.5 Å². The fourth-order valence-electron chi connectivity index (χ4n) is 3.77. The standard InChI is InChI=1S/C22H21F3N6O3/c1-13-12-30-19(17(11-28-30)20(32)29-15-6-8-27-18(26)10-15)21(33)31(13)16-4-2-14(3-5-16)7-9-34-22(23,24)25/h2-6,8,10-11,13H,7,9,12H2,1H3,(H3,26,27,29,32)/t13-/m0/s1. The normalized spacial score (nSPS) is 15.8. The van der Waals surface area contributed by atoms with Gasteiger partial charge in [-0.25, -0.2) is 4.98 Å². The van der Waals surface area contributed by atoms with E-state index < -0.39 is 24.8 Å². The number of carbonyl (C=O) groups excluding carboxylic acids is 2. The van der Waals surface area contributed by atoms with Crippen molar-refractivity contribution in [3.05, 3.63) is 65.6 Å². The molecule has 0 saturated heterocycles. The van der Waals surface area contributed by atoms with Gasteiger partial charge in [0.05, 0.1) is 31.0 Å². The Morgan fingerprint density at radius 1 is 1.26 bits per heavy atom. The molecule has 0 unspecified atom stereocenters. The van der Waals surface area contributed by atoms with Crippen molar-refractivity contribution in [2.45, 2.75) is 32.3 Å². The number of ether oxygens (including phenoxy) is 1. The zero-order valence-electron chi connectivity index (χ0n) is 18.0. The van der Waals surface area contributed by atoms with Crippen LogP contribution in [0.3, 0.4) is 0 Å². The van der Waals surface area contributed by atoms with E-state index in [2.05, 4.69) is 20.1 Å². The average Bonchev–Trinajstić information content (AvgIpc) is 3.18. The van der Waals surface area contributed by atoms with Gasteiger partial charge in [0.15, 0.2) is 0 Å². The Morgan fingerprint density at radius 3 is 2.68 bits per heavy atom. The third kappa shape index (κ3) is 5.01. The van der Waals surface area contributed by atoms with Gasteiger partial charge >= 0.3 is 6.36 Å². The summed E-state index contributed by atoms with van der Waals surface area (Å²) in [5, 5.41) is 6.88. The number of nitrogens with zero attached hydrogens (tertiary/aromatic N) is 4. The minimum absolute atomic E-state index is 0.0693. The third-order valence-electron chi connectivity index (χ3n) is 5.29. The van der Waals surface area contributed by atoms with Gasteiger partial charge in [0.25, 0.3) is 11.8 Å². The van der Waals surface area contributed by atoms with Crippen LogP contribution in [-0.2, 0) is 17.7 Å². The maximum atomic E-state index is 13.4. The lowest BCUT2D eigenvalue weighted by Crippen LogP contribution is -2.47. The molecule has 0 bridgehead atoms. The molecule has 3 heterocycles. The Bertz CT molecular complexity index is 1210. The van der Waals surface area contributed by atoms with E-state index >= 15 is 0 Å². The van der Waals surface area contributed by atoms with Gasteiger partial charge in [-0.3, -0.25) is 19.0 Å². The van der Waals surface area contributed by atoms with E-state index in [1.54, 1.807) is 30.3 Å². The summed E-state index contributed by atoms with van der Waals surface area (Å²) >= 11 is 0. The molecular formula is C22H21F3N6O3. The Balaban J connectivity index is 1.52. The third-order valence-corrected chi connectivity index (χ3v) is 5.29. The number of amides is 2. The fourth-order valence-corrected chi connectivity index (χ4v) is 3.77. The number of nitrogen functional groups attached to an aromatic ring is 1. The predicted molar refractivity (Wildman–Crippen MR) is 117 cm³/mol. The molecule has 9 nitrogen and oxygen atoms in total. The van der Waals surface area contributed by atoms with Crippen LogP contribution in [0.15, 0.2) is 48.8 Å². The number of halogens is 3. The second kappa shape index (κ2) is 9.14. The second-order valence-electron chi connectivity index (χ2n) is 7.75. The highest BCUT2D eigenvalue weighted by atomic mass is 19.4. The summed E-state index contributed by atoms with van der Waals surface area (Å²) in [5.74, 6) is -0.696. The number of fused-ring (bicyclic) bond motifs is 1. The van der Waals surface area contributed by atoms with Crippen LogP contribution in [0.5, 0.6) is 0 Å². The molecule has 1 aliphatic rings. The first-order valence-electron chi connectivity index (χ1n) is 10.3. The van der Waals surface area contributed by atoms with Crippen molar-refractivity contribution in [2.75, 3.05) is 22.6 Å². The highest BCUT2D eigenvalue weighted by Gasteiger charge is 2.36. The highest BCUT2D eigenvalue weighted by molar-refractivity contribution is 6.15. The fraction of sp³-hybridized carbons (Fsp3) is 0.273. The van der Waals surface area contributed by atoms with Crippen LogP contribution in [0.2, 0.25) is 0 Å². The predicted octanol–water partition coefficient (Wildman–Crippen LogP) is 3.24. The van der Waals surface area contributed by atoms with Crippen LogP contribution in [0.1, 0.15) is 33.3 Å². The molecule has 0 saturated carbocycles. The lowest BCUT2D eigenvalue weighted by molar-refractivity contribution is -0.324. The molecule has 0 spiro atoms. The number of anilines is 3. The molecule has 0 fully saturated rings. The molecule has 0 radical (unpaired) electrons. The van der Waals surface area contributed by atoms with Crippen molar-refractivity contribution >= 4 is 29.0 Å². The first kappa shape index (κ1) is 23.2. The summed E-state index contributed by atoms with van der Waals surface area (Å²) in [6, 6.07) is 9.39. The Labute approximate surface area is 192 Å². The minimum Gasteiger partial charge on any atom is -0.384 e. The zero-order valence-corrected chi connectivity index (χ0v) is 18.0. The second-order valence-corrected chi connectivity index (χ2v) is 7.75. The van der Waals surface area contributed by atoms with Crippen LogP contribution in [0.25, 0.3) is 0 Å². The topological polar surface area (TPSA) is 115 Å². The van der Waals surface area contributed by atoms with Gasteiger partial charge in [-0.05, 0) is 37.1 Å². The summed E-state index contributed by atoms with van der Waals surface area (Å²) in [5.41, 5.74) is 7.50. The number of rotatable bonds is 6. The van der Waals surface area contributed by atoms with Crippen LogP contribution < -0.4 is 16.0 Å². The molecule has 2 aromatic heterocycles. The van der Waals surface area contributed by atoms with E-state index in [4.69, 9.17) is 5.73 Å². The Morgan fingerprint density at radius 2 is 2.00 bits per heavy atom. The summed E-state index contributed by atoms with van der Waals surface area (Å²) < 4.78 is 41.8. The van der Waals surface area contributed by atoms with E-state index in [1.807, 2.05) is 6.92 Å². The molecule has 1 aromatic carbocycles. The highest BCUT2D eigenvalue weighted by Crippen LogP contribution is 2.28. The van der Waals surface area contributed by atoms with Gasteiger partial charge in [0.2, 0.25) is 0 Å². The molecule has 0 aliphatic carbocycles. The Hall–Kier alpha value is -3.93. The van der Waals surface area contributed by atoms with Crippen LogP contribution in [0.4, 0.5) is 30.4 Å². The first-order chi connectivity index (χ1) is 16.1. The average molecular weight is 474 g/mol. The van der Waals surface area contributed by atoms with Crippen molar-refractivity contribution < 1.29 is 27.5 Å². The van der Waals surface area contributed by atoms with Crippen molar-refractivity contribution in [1.82, 2.24) is 14.8 Å². The van der Waals surface area contributed by atoms with Crippen LogP contribution >= 0.6 is 0 Å². The van der Waals surface area contributed by atoms with Crippen molar-refractivity contribution in [3.63, 3.8) is 0 Å². The number of pyridine rings is 1. The number of nitrogens with two attached hydrogens (primary N) is 1. The SMILES string of the molecule is C[C@H]1Cn2ncc(C(=O)Nc3ccnc(N)c3)c2C(=O)N1c1ccc(CCOC(F)(F)F)cc1. The molecule has 178 valence electrons. The first-order valence-corrected chi connectivity index (χ1v) is 10.3.